The average molecular weight is 311 g/mol. The van der Waals surface area contributed by atoms with Crippen molar-refractivity contribution < 1.29 is 14.3 Å². The fourth-order valence-corrected chi connectivity index (χ4v) is 2.58. The number of fused-ring (bicyclic) bond motifs is 1. The number of hydrogen-bond donors (Lipinski definition) is 1. The van der Waals surface area contributed by atoms with Crippen LogP contribution in [-0.2, 0) is 10.2 Å². The van der Waals surface area contributed by atoms with Crippen molar-refractivity contribution in [1.82, 2.24) is 0 Å². The molecule has 23 heavy (non-hydrogen) atoms. The Labute approximate surface area is 136 Å². The van der Waals surface area contributed by atoms with E-state index in [9.17, 15) is 4.79 Å². The molecule has 1 aliphatic heterocycles. The first-order valence-corrected chi connectivity index (χ1v) is 7.67. The van der Waals surface area contributed by atoms with Crippen LogP contribution in [-0.4, -0.2) is 12.7 Å². The van der Waals surface area contributed by atoms with Gasteiger partial charge in [-0.2, -0.15) is 0 Å². The number of aryl methyl sites for hydroxylation is 1. The van der Waals surface area contributed by atoms with Crippen LogP contribution < -0.4 is 14.8 Å². The Morgan fingerprint density at radius 1 is 1.09 bits per heavy atom. The number of rotatable bonds is 3. The SMILES string of the molecule is Cc1cccc(NC(=O)C(C)(C)c2ccc3c(c2)OCO3)c1C. The Morgan fingerprint density at radius 3 is 2.61 bits per heavy atom. The first-order valence-electron chi connectivity index (χ1n) is 7.67. The molecular weight excluding hydrogens is 290 g/mol. The molecule has 4 heteroatoms. The van der Waals surface area contributed by atoms with Crippen molar-refractivity contribution in [2.75, 3.05) is 12.1 Å². The molecule has 0 radical (unpaired) electrons. The lowest BCUT2D eigenvalue weighted by molar-refractivity contribution is -0.120. The fraction of sp³-hybridized carbons (Fsp3) is 0.316. The number of carbonyl (C=O) groups excluding carboxylic acids is 1. The largest absolute Gasteiger partial charge is 0.454 e. The third kappa shape index (κ3) is 2.77. The molecule has 1 N–H and O–H groups in total. The summed E-state index contributed by atoms with van der Waals surface area (Å²) < 4.78 is 10.7. The van der Waals surface area contributed by atoms with Crippen LogP contribution in [0.25, 0.3) is 0 Å². The number of nitrogens with one attached hydrogen (secondary N) is 1. The van der Waals surface area contributed by atoms with Gasteiger partial charge in [-0.05, 0) is 62.6 Å². The van der Waals surface area contributed by atoms with Gasteiger partial charge >= 0.3 is 0 Å². The highest BCUT2D eigenvalue weighted by atomic mass is 16.7. The van der Waals surface area contributed by atoms with Crippen LogP contribution in [0.5, 0.6) is 11.5 Å². The monoisotopic (exact) mass is 311 g/mol. The van der Waals surface area contributed by atoms with Gasteiger partial charge in [0.05, 0.1) is 5.41 Å². The van der Waals surface area contributed by atoms with Crippen molar-refractivity contribution in [1.29, 1.82) is 0 Å². The summed E-state index contributed by atoms with van der Waals surface area (Å²) in [4.78, 5) is 12.8. The summed E-state index contributed by atoms with van der Waals surface area (Å²) >= 11 is 0. The van der Waals surface area contributed by atoms with Gasteiger partial charge in [-0.1, -0.05) is 18.2 Å². The van der Waals surface area contributed by atoms with Crippen LogP contribution in [0.15, 0.2) is 36.4 Å². The molecule has 0 aliphatic carbocycles. The number of anilines is 1. The van der Waals surface area contributed by atoms with Gasteiger partial charge in [0.25, 0.3) is 0 Å². The zero-order chi connectivity index (χ0) is 16.6. The molecule has 4 nitrogen and oxygen atoms in total. The molecule has 1 heterocycles. The van der Waals surface area contributed by atoms with Gasteiger partial charge in [0.15, 0.2) is 11.5 Å². The molecule has 1 amide bonds. The lowest BCUT2D eigenvalue weighted by Gasteiger charge is -2.25. The van der Waals surface area contributed by atoms with Crippen LogP contribution in [0.3, 0.4) is 0 Å². The molecule has 0 unspecified atom stereocenters. The van der Waals surface area contributed by atoms with Crippen molar-refractivity contribution in [3.05, 3.63) is 53.1 Å². The number of carbonyl (C=O) groups is 1. The Hall–Kier alpha value is -2.49. The lowest BCUT2D eigenvalue weighted by atomic mass is 9.83. The number of benzene rings is 2. The predicted molar refractivity (Wildman–Crippen MR) is 90.1 cm³/mol. The van der Waals surface area contributed by atoms with E-state index in [0.29, 0.717) is 5.75 Å². The second kappa shape index (κ2) is 5.61. The van der Waals surface area contributed by atoms with Gasteiger partial charge in [-0.15, -0.1) is 0 Å². The minimum atomic E-state index is -0.683. The zero-order valence-corrected chi connectivity index (χ0v) is 13.9. The second-order valence-corrected chi connectivity index (χ2v) is 6.39. The number of ether oxygens (including phenoxy) is 2. The molecule has 0 spiro atoms. The van der Waals surface area contributed by atoms with Crippen LogP contribution in [0.2, 0.25) is 0 Å². The maximum absolute atomic E-state index is 12.8. The maximum Gasteiger partial charge on any atom is 0.234 e. The standard InChI is InChI=1S/C19H21NO3/c1-12-6-5-7-15(13(12)2)20-18(21)19(3,4)14-8-9-16-17(10-14)23-11-22-16/h5-10H,11H2,1-4H3,(H,20,21). The molecule has 1 aliphatic rings. The van der Waals surface area contributed by atoms with Gasteiger partial charge in [-0.25, -0.2) is 0 Å². The van der Waals surface area contributed by atoms with E-state index in [-0.39, 0.29) is 12.7 Å². The molecule has 0 bridgehead atoms. The maximum atomic E-state index is 12.8. The smallest absolute Gasteiger partial charge is 0.234 e. The van der Waals surface area contributed by atoms with E-state index in [2.05, 4.69) is 5.32 Å². The summed E-state index contributed by atoms with van der Waals surface area (Å²) in [6, 6.07) is 11.6. The molecule has 2 aromatic rings. The highest BCUT2D eigenvalue weighted by Gasteiger charge is 2.31. The number of amides is 1. The molecular formula is C19H21NO3. The Morgan fingerprint density at radius 2 is 1.83 bits per heavy atom. The summed E-state index contributed by atoms with van der Waals surface area (Å²) in [6.45, 7) is 8.09. The third-order valence-electron chi connectivity index (χ3n) is 4.51. The lowest BCUT2D eigenvalue weighted by Crippen LogP contribution is -2.35. The zero-order valence-electron chi connectivity index (χ0n) is 13.9. The van der Waals surface area contributed by atoms with Crippen LogP contribution in [0.1, 0.15) is 30.5 Å². The number of hydrogen-bond acceptors (Lipinski definition) is 3. The van der Waals surface area contributed by atoms with Gasteiger partial charge in [-0.3, -0.25) is 4.79 Å². The van der Waals surface area contributed by atoms with E-state index >= 15 is 0 Å². The summed E-state index contributed by atoms with van der Waals surface area (Å²) in [5, 5.41) is 3.05. The van der Waals surface area contributed by atoms with Crippen molar-refractivity contribution >= 4 is 11.6 Å². The molecule has 120 valence electrons. The van der Waals surface area contributed by atoms with Crippen molar-refractivity contribution in [3.63, 3.8) is 0 Å². The Balaban J connectivity index is 1.87. The predicted octanol–water partition coefficient (Wildman–Crippen LogP) is 3.95. The van der Waals surface area contributed by atoms with Crippen molar-refractivity contribution in [2.45, 2.75) is 33.1 Å². The van der Waals surface area contributed by atoms with Gasteiger partial charge < -0.3 is 14.8 Å². The summed E-state index contributed by atoms with van der Waals surface area (Å²) in [5.74, 6) is 1.36. The molecule has 2 aromatic carbocycles. The van der Waals surface area contributed by atoms with E-state index in [4.69, 9.17) is 9.47 Å². The van der Waals surface area contributed by atoms with E-state index in [1.165, 1.54) is 0 Å². The average Bonchev–Trinajstić information content (AvgIpc) is 2.99. The minimum Gasteiger partial charge on any atom is -0.454 e. The first-order chi connectivity index (χ1) is 10.9. The Bertz CT molecular complexity index is 765. The molecule has 0 atom stereocenters. The molecule has 0 fully saturated rings. The third-order valence-corrected chi connectivity index (χ3v) is 4.51. The van der Waals surface area contributed by atoms with E-state index in [1.807, 2.05) is 64.1 Å². The van der Waals surface area contributed by atoms with Crippen molar-refractivity contribution in [2.24, 2.45) is 0 Å². The topological polar surface area (TPSA) is 47.6 Å². The highest BCUT2D eigenvalue weighted by molar-refractivity contribution is 5.99. The minimum absolute atomic E-state index is 0.0509. The second-order valence-electron chi connectivity index (χ2n) is 6.39. The quantitative estimate of drug-likeness (QED) is 0.933. The van der Waals surface area contributed by atoms with Crippen LogP contribution in [0, 0.1) is 13.8 Å². The van der Waals surface area contributed by atoms with E-state index < -0.39 is 5.41 Å². The van der Waals surface area contributed by atoms with Crippen LogP contribution in [0.4, 0.5) is 5.69 Å². The first kappa shape index (κ1) is 15.4. The molecule has 0 aromatic heterocycles. The molecule has 0 saturated carbocycles. The Kier molecular flexibility index (Phi) is 3.76. The van der Waals surface area contributed by atoms with Crippen molar-refractivity contribution in [3.8, 4) is 11.5 Å². The summed E-state index contributed by atoms with van der Waals surface area (Å²) in [5.41, 5.74) is 3.30. The summed E-state index contributed by atoms with van der Waals surface area (Å²) in [7, 11) is 0. The van der Waals surface area contributed by atoms with Gasteiger partial charge in [0.2, 0.25) is 12.7 Å². The van der Waals surface area contributed by atoms with Gasteiger partial charge in [0.1, 0.15) is 0 Å². The normalized spacial score (nSPS) is 13.0. The fourth-order valence-electron chi connectivity index (χ4n) is 2.58. The van der Waals surface area contributed by atoms with Gasteiger partial charge in [0, 0.05) is 5.69 Å². The van der Waals surface area contributed by atoms with E-state index in [1.54, 1.807) is 0 Å². The molecule has 3 rings (SSSR count). The summed E-state index contributed by atoms with van der Waals surface area (Å²) in [6.07, 6.45) is 0. The van der Waals surface area contributed by atoms with Crippen LogP contribution >= 0.6 is 0 Å². The van der Waals surface area contributed by atoms with E-state index in [0.717, 1.165) is 28.1 Å². The molecule has 0 saturated heterocycles. The highest BCUT2D eigenvalue weighted by Crippen LogP contribution is 2.37.